The summed E-state index contributed by atoms with van der Waals surface area (Å²) in [5.41, 5.74) is 4.44. The monoisotopic (exact) mass is 344 g/mol. The van der Waals surface area contributed by atoms with Crippen LogP contribution in [0.15, 0.2) is 53.6 Å². The number of carbonyl (C=O) groups excluding carboxylic acids is 1. The molecule has 0 aliphatic carbocycles. The van der Waals surface area contributed by atoms with Crippen molar-refractivity contribution in [2.75, 3.05) is 20.0 Å². The van der Waals surface area contributed by atoms with Crippen LogP contribution in [0.4, 0.5) is 0 Å². The van der Waals surface area contributed by atoms with Crippen molar-refractivity contribution in [3.63, 3.8) is 0 Å². The van der Waals surface area contributed by atoms with E-state index in [-0.39, 0.29) is 5.91 Å². The van der Waals surface area contributed by atoms with E-state index in [1.165, 1.54) is 5.56 Å². The summed E-state index contributed by atoms with van der Waals surface area (Å²) in [4.78, 5) is 11.8. The fraction of sp³-hybridized carbons (Fsp3) is 0.222. The van der Waals surface area contributed by atoms with E-state index in [4.69, 9.17) is 9.47 Å². The second-order valence-corrected chi connectivity index (χ2v) is 5.87. The summed E-state index contributed by atoms with van der Waals surface area (Å²) in [7, 11) is 3.17. The normalized spacial score (nSPS) is 10.6. The topological polar surface area (TPSA) is 59.9 Å². The van der Waals surface area contributed by atoms with Gasteiger partial charge in [-0.15, -0.1) is 11.8 Å². The molecule has 0 unspecified atom stereocenters. The minimum atomic E-state index is -0.144. The van der Waals surface area contributed by atoms with E-state index in [0.717, 1.165) is 11.3 Å². The molecule has 126 valence electrons. The molecular weight excluding hydrogens is 324 g/mol. The van der Waals surface area contributed by atoms with E-state index in [1.807, 2.05) is 30.3 Å². The van der Waals surface area contributed by atoms with Crippen LogP contribution in [0.3, 0.4) is 0 Å². The highest BCUT2D eigenvalue weighted by Crippen LogP contribution is 2.22. The average molecular weight is 344 g/mol. The smallest absolute Gasteiger partial charge is 0.250 e. The highest BCUT2D eigenvalue weighted by molar-refractivity contribution is 7.99. The number of methoxy groups -OCH3 is 2. The van der Waals surface area contributed by atoms with Crippen LogP contribution in [0, 0.1) is 0 Å². The van der Waals surface area contributed by atoms with Crippen molar-refractivity contribution < 1.29 is 14.3 Å². The Balaban J connectivity index is 1.81. The molecule has 0 bridgehead atoms. The van der Waals surface area contributed by atoms with E-state index >= 15 is 0 Å². The zero-order valence-electron chi connectivity index (χ0n) is 13.7. The Morgan fingerprint density at radius 1 is 1.17 bits per heavy atom. The first-order chi connectivity index (χ1) is 11.7. The molecule has 2 rings (SSSR count). The minimum absolute atomic E-state index is 0.144. The third-order valence-corrected chi connectivity index (χ3v) is 4.18. The molecular formula is C18H20N2O3S. The number of nitrogens with one attached hydrogen (secondary N) is 1. The van der Waals surface area contributed by atoms with Gasteiger partial charge in [-0.1, -0.05) is 30.3 Å². The maximum atomic E-state index is 11.8. The van der Waals surface area contributed by atoms with Crippen LogP contribution in [0.1, 0.15) is 11.1 Å². The summed E-state index contributed by atoms with van der Waals surface area (Å²) in [6, 6.07) is 15.4. The van der Waals surface area contributed by atoms with Crippen molar-refractivity contribution in [2.45, 2.75) is 5.75 Å². The SMILES string of the molecule is COc1ccc(OC)c(/C=N\NC(=O)CSCc2ccccc2)c1. The Morgan fingerprint density at radius 3 is 2.67 bits per heavy atom. The molecule has 0 fully saturated rings. The molecule has 0 saturated carbocycles. The highest BCUT2D eigenvalue weighted by atomic mass is 32.2. The van der Waals surface area contributed by atoms with Crippen LogP contribution in [0.2, 0.25) is 0 Å². The molecule has 0 spiro atoms. The van der Waals surface area contributed by atoms with Crippen LogP contribution < -0.4 is 14.9 Å². The average Bonchev–Trinajstić information content (AvgIpc) is 2.62. The van der Waals surface area contributed by atoms with E-state index in [0.29, 0.717) is 17.3 Å². The standard InChI is InChI=1S/C18H20N2O3S/c1-22-16-8-9-17(23-2)15(10-16)11-19-20-18(21)13-24-12-14-6-4-3-5-7-14/h3-11H,12-13H2,1-2H3,(H,20,21)/b19-11-. The molecule has 1 amide bonds. The summed E-state index contributed by atoms with van der Waals surface area (Å²) >= 11 is 1.54. The number of benzene rings is 2. The first kappa shape index (κ1) is 17.9. The number of hydrogen-bond acceptors (Lipinski definition) is 5. The molecule has 0 heterocycles. The Kier molecular flexibility index (Phi) is 7.17. The maximum absolute atomic E-state index is 11.8. The Morgan fingerprint density at radius 2 is 1.96 bits per heavy atom. The van der Waals surface area contributed by atoms with E-state index in [1.54, 1.807) is 50.4 Å². The minimum Gasteiger partial charge on any atom is -0.497 e. The molecule has 1 N–H and O–H groups in total. The van der Waals surface area contributed by atoms with Gasteiger partial charge in [0.2, 0.25) is 5.91 Å². The molecule has 0 saturated heterocycles. The van der Waals surface area contributed by atoms with Crippen LogP contribution in [-0.2, 0) is 10.5 Å². The van der Waals surface area contributed by atoms with Crippen LogP contribution in [0.25, 0.3) is 0 Å². The predicted octanol–water partition coefficient (Wildman–Crippen LogP) is 3.09. The molecule has 0 atom stereocenters. The van der Waals surface area contributed by atoms with Gasteiger partial charge in [0, 0.05) is 11.3 Å². The van der Waals surface area contributed by atoms with E-state index in [2.05, 4.69) is 10.5 Å². The number of thioether (sulfide) groups is 1. The molecule has 6 heteroatoms. The molecule has 24 heavy (non-hydrogen) atoms. The summed E-state index contributed by atoms with van der Waals surface area (Å²) in [5.74, 6) is 2.35. The number of amides is 1. The van der Waals surface area contributed by atoms with Gasteiger partial charge in [0.1, 0.15) is 11.5 Å². The number of nitrogens with zero attached hydrogens (tertiary/aromatic N) is 1. The van der Waals surface area contributed by atoms with Gasteiger partial charge in [-0.05, 0) is 23.8 Å². The zero-order valence-corrected chi connectivity index (χ0v) is 14.5. The summed E-state index contributed by atoms with van der Waals surface area (Å²) in [6.07, 6.45) is 1.54. The zero-order chi connectivity index (χ0) is 17.2. The summed E-state index contributed by atoms with van der Waals surface area (Å²) < 4.78 is 10.4. The van der Waals surface area contributed by atoms with Gasteiger partial charge in [-0.25, -0.2) is 5.43 Å². The quantitative estimate of drug-likeness (QED) is 0.590. The summed E-state index contributed by atoms with van der Waals surface area (Å²) in [5, 5.41) is 3.98. The lowest BCUT2D eigenvalue weighted by Crippen LogP contribution is -2.19. The van der Waals surface area contributed by atoms with Crippen LogP contribution >= 0.6 is 11.8 Å². The first-order valence-corrected chi connectivity index (χ1v) is 8.54. The van der Waals surface area contributed by atoms with Crippen molar-refractivity contribution in [3.05, 3.63) is 59.7 Å². The first-order valence-electron chi connectivity index (χ1n) is 7.38. The van der Waals surface area contributed by atoms with Gasteiger partial charge in [0.25, 0.3) is 0 Å². The Hall–Kier alpha value is -2.47. The highest BCUT2D eigenvalue weighted by Gasteiger charge is 2.04. The third-order valence-electron chi connectivity index (χ3n) is 3.17. The molecule has 0 aliphatic heterocycles. The number of carbonyl (C=O) groups is 1. The van der Waals surface area contributed by atoms with Crippen molar-refractivity contribution in [2.24, 2.45) is 5.10 Å². The van der Waals surface area contributed by atoms with Crippen molar-refractivity contribution in [3.8, 4) is 11.5 Å². The van der Waals surface area contributed by atoms with Gasteiger partial charge in [0.05, 0.1) is 26.2 Å². The number of rotatable bonds is 8. The molecule has 0 aromatic heterocycles. The molecule has 2 aromatic carbocycles. The van der Waals surface area contributed by atoms with Gasteiger partial charge in [0.15, 0.2) is 0 Å². The Bertz CT molecular complexity index is 690. The lowest BCUT2D eigenvalue weighted by molar-refractivity contribution is -0.118. The van der Waals surface area contributed by atoms with Crippen LogP contribution in [0.5, 0.6) is 11.5 Å². The second kappa shape index (κ2) is 9.62. The molecule has 0 radical (unpaired) electrons. The maximum Gasteiger partial charge on any atom is 0.250 e. The van der Waals surface area contributed by atoms with Gasteiger partial charge in [-0.3, -0.25) is 4.79 Å². The number of ether oxygens (including phenoxy) is 2. The molecule has 0 aliphatic rings. The van der Waals surface area contributed by atoms with Gasteiger partial charge in [-0.2, -0.15) is 5.10 Å². The fourth-order valence-corrected chi connectivity index (χ4v) is 2.76. The van der Waals surface area contributed by atoms with E-state index in [9.17, 15) is 4.79 Å². The Labute approximate surface area is 146 Å². The van der Waals surface area contributed by atoms with Crippen molar-refractivity contribution in [1.29, 1.82) is 0 Å². The lowest BCUT2D eigenvalue weighted by Gasteiger charge is -2.06. The lowest BCUT2D eigenvalue weighted by atomic mass is 10.2. The van der Waals surface area contributed by atoms with E-state index < -0.39 is 0 Å². The predicted molar refractivity (Wildman–Crippen MR) is 97.9 cm³/mol. The van der Waals surface area contributed by atoms with Gasteiger partial charge >= 0.3 is 0 Å². The molecule has 2 aromatic rings. The van der Waals surface area contributed by atoms with Crippen molar-refractivity contribution in [1.82, 2.24) is 5.43 Å². The second-order valence-electron chi connectivity index (χ2n) is 4.88. The summed E-state index contributed by atoms with van der Waals surface area (Å²) in [6.45, 7) is 0. The third kappa shape index (κ3) is 5.62. The van der Waals surface area contributed by atoms with Gasteiger partial charge < -0.3 is 9.47 Å². The number of hydrazone groups is 1. The molecule has 5 nitrogen and oxygen atoms in total. The van der Waals surface area contributed by atoms with Crippen LogP contribution in [-0.4, -0.2) is 32.1 Å². The fourth-order valence-electron chi connectivity index (χ4n) is 1.98. The largest absolute Gasteiger partial charge is 0.497 e. The number of hydrogen-bond donors (Lipinski definition) is 1. The van der Waals surface area contributed by atoms with Crippen molar-refractivity contribution >= 4 is 23.9 Å².